The fourth-order valence-corrected chi connectivity index (χ4v) is 3.85. The molecular formula is C21H37NO4. The van der Waals surface area contributed by atoms with Crippen molar-refractivity contribution >= 4 is 11.8 Å². The summed E-state index contributed by atoms with van der Waals surface area (Å²) in [5.74, 6) is 0.480. The highest BCUT2D eigenvalue weighted by molar-refractivity contribution is 5.78. The van der Waals surface area contributed by atoms with Gasteiger partial charge in [-0.2, -0.15) is 0 Å². The third-order valence-corrected chi connectivity index (χ3v) is 5.48. The number of methoxy groups -OCH3 is 1. The van der Waals surface area contributed by atoms with E-state index in [2.05, 4.69) is 23.8 Å². The van der Waals surface area contributed by atoms with Crippen LogP contribution in [0.5, 0.6) is 0 Å². The van der Waals surface area contributed by atoms with E-state index in [9.17, 15) is 14.7 Å². The summed E-state index contributed by atoms with van der Waals surface area (Å²) in [6.07, 6.45) is 12.4. The summed E-state index contributed by atoms with van der Waals surface area (Å²) in [5, 5.41) is 10.3. The van der Waals surface area contributed by atoms with Crippen molar-refractivity contribution in [2.45, 2.75) is 89.7 Å². The molecule has 4 unspecified atom stereocenters. The predicted octanol–water partition coefficient (Wildman–Crippen LogP) is 3.53. The fraction of sp³-hybridized carbons (Fsp3) is 0.810. The van der Waals surface area contributed by atoms with E-state index in [1.807, 2.05) is 0 Å². The van der Waals surface area contributed by atoms with Crippen LogP contribution in [0, 0.1) is 11.8 Å². The molecule has 0 aromatic rings. The van der Waals surface area contributed by atoms with Gasteiger partial charge in [0.2, 0.25) is 0 Å². The molecule has 5 heteroatoms. The van der Waals surface area contributed by atoms with Crippen LogP contribution in [-0.4, -0.2) is 36.1 Å². The Kier molecular flexibility index (Phi) is 11.5. The van der Waals surface area contributed by atoms with Crippen LogP contribution in [-0.2, 0) is 14.3 Å². The van der Waals surface area contributed by atoms with Crippen molar-refractivity contribution in [3.05, 3.63) is 12.2 Å². The van der Waals surface area contributed by atoms with Crippen molar-refractivity contribution in [1.29, 1.82) is 0 Å². The summed E-state index contributed by atoms with van der Waals surface area (Å²) in [5.41, 5.74) is 6.22. The number of aliphatic hydroxyl groups excluding tert-OH is 1. The Hall–Kier alpha value is -1.20. The zero-order valence-electron chi connectivity index (χ0n) is 16.5. The van der Waals surface area contributed by atoms with E-state index >= 15 is 0 Å². The van der Waals surface area contributed by atoms with Crippen molar-refractivity contribution < 1.29 is 19.4 Å². The van der Waals surface area contributed by atoms with Crippen LogP contribution >= 0.6 is 0 Å². The molecule has 1 aliphatic carbocycles. The molecule has 3 N–H and O–H groups in total. The number of hydrogen-bond acceptors (Lipinski definition) is 5. The monoisotopic (exact) mass is 367 g/mol. The first-order valence-electron chi connectivity index (χ1n) is 10.2. The van der Waals surface area contributed by atoms with Crippen LogP contribution in [0.1, 0.15) is 77.6 Å². The molecule has 1 aliphatic rings. The molecule has 150 valence electrons. The Balaban J connectivity index is 2.36. The molecule has 1 fully saturated rings. The maximum atomic E-state index is 12.0. The first kappa shape index (κ1) is 22.8. The second kappa shape index (κ2) is 13.0. The first-order chi connectivity index (χ1) is 12.5. The molecule has 4 atom stereocenters. The number of esters is 1. The number of hydrogen-bond donors (Lipinski definition) is 2. The largest absolute Gasteiger partial charge is 0.469 e. The summed E-state index contributed by atoms with van der Waals surface area (Å²) in [4.78, 5) is 23.1. The number of carbonyl (C=O) groups excluding carboxylic acids is 2. The zero-order chi connectivity index (χ0) is 19.4. The molecule has 0 spiro atoms. The van der Waals surface area contributed by atoms with Crippen LogP contribution < -0.4 is 5.73 Å². The number of unbranched alkanes of at least 4 members (excludes halogenated alkanes) is 3. The summed E-state index contributed by atoms with van der Waals surface area (Å²) in [7, 11) is 1.40. The Labute approximate surface area is 158 Å². The lowest BCUT2D eigenvalue weighted by atomic mass is 9.85. The molecule has 5 nitrogen and oxygen atoms in total. The molecule has 0 bridgehead atoms. The van der Waals surface area contributed by atoms with Crippen molar-refractivity contribution in [1.82, 2.24) is 0 Å². The Morgan fingerprint density at radius 2 is 1.88 bits per heavy atom. The van der Waals surface area contributed by atoms with Gasteiger partial charge in [-0.3, -0.25) is 9.59 Å². The van der Waals surface area contributed by atoms with Crippen LogP contribution in [0.3, 0.4) is 0 Å². The van der Waals surface area contributed by atoms with Gasteiger partial charge in [-0.25, -0.2) is 0 Å². The van der Waals surface area contributed by atoms with Gasteiger partial charge in [0.1, 0.15) is 5.78 Å². The van der Waals surface area contributed by atoms with Gasteiger partial charge >= 0.3 is 5.97 Å². The molecule has 0 amide bonds. The SMILES string of the molecule is CCCCCC(=O)CCC1C(N)CC(O)C1C/C=C/CCCC(=O)OC. The van der Waals surface area contributed by atoms with Gasteiger partial charge in [0.05, 0.1) is 13.2 Å². The smallest absolute Gasteiger partial charge is 0.305 e. The average Bonchev–Trinajstić information content (AvgIpc) is 2.89. The van der Waals surface area contributed by atoms with Crippen LogP contribution in [0.25, 0.3) is 0 Å². The lowest BCUT2D eigenvalue weighted by Crippen LogP contribution is -2.28. The maximum Gasteiger partial charge on any atom is 0.305 e. The standard InChI is InChI=1S/C21H37NO4/c1-3-4-7-10-16(23)13-14-17-18(20(24)15-19(17)22)11-8-5-6-9-12-21(25)26-2/h5,8,17-20,24H,3-4,6-7,9-15,22H2,1-2H3/b8-5+. The lowest BCUT2D eigenvalue weighted by molar-refractivity contribution is -0.140. The number of Topliss-reactive ketones (excluding diaryl/α,β-unsaturated/α-hetero) is 1. The van der Waals surface area contributed by atoms with E-state index in [-0.39, 0.29) is 30.0 Å². The third-order valence-electron chi connectivity index (χ3n) is 5.48. The van der Waals surface area contributed by atoms with Gasteiger partial charge in [0, 0.05) is 25.3 Å². The van der Waals surface area contributed by atoms with E-state index in [4.69, 9.17) is 5.73 Å². The number of ether oxygens (including phenoxy) is 1. The third kappa shape index (κ3) is 8.45. The van der Waals surface area contributed by atoms with Gasteiger partial charge in [0.15, 0.2) is 0 Å². The minimum Gasteiger partial charge on any atom is -0.469 e. The molecule has 0 aromatic heterocycles. The summed E-state index contributed by atoms with van der Waals surface area (Å²) < 4.78 is 4.62. The van der Waals surface area contributed by atoms with Crippen LogP contribution in [0.4, 0.5) is 0 Å². The van der Waals surface area contributed by atoms with Gasteiger partial charge < -0.3 is 15.6 Å². The second-order valence-electron chi connectivity index (χ2n) is 7.50. The highest BCUT2D eigenvalue weighted by Gasteiger charge is 2.39. The van der Waals surface area contributed by atoms with Crippen LogP contribution in [0.15, 0.2) is 12.2 Å². The van der Waals surface area contributed by atoms with E-state index in [0.29, 0.717) is 31.5 Å². The van der Waals surface area contributed by atoms with E-state index in [1.165, 1.54) is 7.11 Å². The molecule has 26 heavy (non-hydrogen) atoms. The minimum atomic E-state index is -0.384. The average molecular weight is 368 g/mol. The Morgan fingerprint density at radius 1 is 1.12 bits per heavy atom. The molecule has 0 radical (unpaired) electrons. The summed E-state index contributed by atoms with van der Waals surface area (Å²) in [6.45, 7) is 2.14. The van der Waals surface area contributed by atoms with Crippen LogP contribution in [0.2, 0.25) is 0 Å². The molecule has 0 saturated heterocycles. The molecule has 1 rings (SSSR count). The topological polar surface area (TPSA) is 89.6 Å². The van der Waals surface area contributed by atoms with Gasteiger partial charge in [0.25, 0.3) is 0 Å². The predicted molar refractivity (Wildman–Crippen MR) is 104 cm³/mol. The number of ketones is 1. The first-order valence-corrected chi connectivity index (χ1v) is 10.2. The minimum absolute atomic E-state index is 0.0221. The molecule has 0 aliphatic heterocycles. The summed E-state index contributed by atoms with van der Waals surface area (Å²) >= 11 is 0. The lowest BCUT2D eigenvalue weighted by Gasteiger charge is -2.22. The van der Waals surface area contributed by atoms with Crippen molar-refractivity contribution in [2.24, 2.45) is 17.6 Å². The van der Waals surface area contributed by atoms with Gasteiger partial charge in [-0.15, -0.1) is 0 Å². The highest BCUT2D eigenvalue weighted by Crippen LogP contribution is 2.37. The number of allylic oxidation sites excluding steroid dienone is 2. The number of nitrogens with two attached hydrogens (primary N) is 1. The van der Waals surface area contributed by atoms with Gasteiger partial charge in [-0.1, -0.05) is 31.9 Å². The molecular weight excluding hydrogens is 330 g/mol. The van der Waals surface area contributed by atoms with Crippen molar-refractivity contribution in [3.8, 4) is 0 Å². The number of rotatable bonds is 13. The van der Waals surface area contributed by atoms with Crippen molar-refractivity contribution in [3.63, 3.8) is 0 Å². The zero-order valence-corrected chi connectivity index (χ0v) is 16.5. The Bertz CT molecular complexity index is 449. The Morgan fingerprint density at radius 3 is 2.58 bits per heavy atom. The van der Waals surface area contributed by atoms with E-state index in [0.717, 1.165) is 44.9 Å². The number of carbonyl (C=O) groups is 2. The highest BCUT2D eigenvalue weighted by atomic mass is 16.5. The fourth-order valence-electron chi connectivity index (χ4n) is 3.85. The summed E-state index contributed by atoms with van der Waals surface area (Å²) in [6, 6.07) is -0.0221. The normalized spacial score (nSPS) is 25.7. The maximum absolute atomic E-state index is 12.0. The second-order valence-corrected chi connectivity index (χ2v) is 7.50. The molecule has 0 heterocycles. The quantitative estimate of drug-likeness (QED) is 0.295. The van der Waals surface area contributed by atoms with Crippen molar-refractivity contribution in [2.75, 3.05) is 7.11 Å². The molecule has 0 aromatic carbocycles. The molecule has 1 saturated carbocycles. The van der Waals surface area contributed by atoms with Gasteiger partial charge in [-0.05, 0) is 50.4 Å². The van der Waals surface area contributed by atoms with E-state index < -0.39 is 0 Å². The van der Waals surface area contributed by atoms with E-state index in [1.54, 1.807) is 0 Å². The number of aliphatic hydroxyl groups is 1.